The topological polar surface area (TPSA) is 145 Å². The van der Waals surface area contributed by atoms with E-state index >= 15 is 0 Å². The van der Waals surface area contributed by atoms with Gasteiger partial charge in [-0.1, -0.05) is 44.2 Å². The lowest BCUT2D eigenvalue weighted by Crippen LogP contribution is -2.56. The normalized spacial score (nSPS) is 17.5. The van der Waals surface area contributed by atoms with Gasteiger partial charge in [-0.2, -0.15) is 0 Å². The first-order valence-electron chi connectivity index (χ1n) is 10.6. The van der Waals surface area contributed by atoms with Crippen molar-refractivity contribution in [3.05, 3.63) is 35.9 Å². The Kier molecular flexibility index (Phi) is 9.45. The molecule has 10 nitrogen and oxygen atoms in total. The Bertz CT molecular complexity index is 800. The summed E-state index contributed by atoms with van der Waals surface area (Å²) in [7, 11) is 0. The summed E-state index contributed by atoms with van der Waals surface area (Å²) in [6.45, 7) is 3.32. The third kappa shape index (κ3) is 7.23. The van der Waals surface area contributed by atoms with Crippen LogP contribution in [-0.4, -0.2) is 70.3 Å². The molecule has 4 N–H and O–H groups in total. The lowest BCUT2D eigenvalue weighted by Gasteiger charge is -2.26. The Hall–Kier alpha value is -3.14. The highest BCUT2D eigenvalue weighted by Crippen LogP contribution is 2.19. The molecule has 3 amide bonds. The van der Waals surface area contributed by atoms with Gasteiger partial charge in [0.05, 0.1) is 6.61 Å². The number of amides is 3. The van der Waals surface area contributed by atoms with E-state index in [9.17, 15) is 29.4 Å². The highest BCUT2D eigenvalue weighted by Gasteiger charge is 2.37. The van der Waals surface area contributed by atoms with Crippen molar-refractivity contribution in [1.82, 2.24) is 15.5 Å². The van der Waals surface area contributed by atoms with Gasteiger partial charge < -0.3 is 25.6 Å². The quantitative estimate of drug-likeness (QED) is 0.415. The number of carboxylic acid groups (broad SMARTS) is 1. The van der Waals surface area contributed by atoms with Crippen molar-refractivity contribution in [1.29, 1.82) is 0 Å². The number of carbonyl (C=O) groups excluding carboxylic acids is 3. The molecule has 3 atom stereocenters. The molecule has 10 heteroatoms. The first kappa shape index (κ1) is 25.1. The molecule has 0 spiro atoms. The number of aliphatic hydroxyl groups excluding tert-OH is 1. The van der Waals surface area contributed by atoms with Crippen LogP contribution in [0.4, 0.5) is 4.79 Å². The van der Waals surface area contributed by atoms with Crippen LogP contribution in [0.25, 0.3) is 0 Å². The minimum atomic E-state index is -1.33. The first-order valence-corrected chi connectivity index (χ1v) is 10.6. The number of nitrogens with zero attached hydrogens (tertiary/aromatic N) is 1. The van der Waals surface area contributed by atoms with Crippen LogP contribution in [0.1, 0.15) is 38.7 Å². The van der Waals surface area contributed by atoms with Gasteiger partial charge >= 0.3 is 12.1 Å². The monoisotopic (exact) mass is 449 g/mol. The molecule has 0 aromatic heterocycles. The zero-order valence-electron chi connectivity index (χ0n) is 18.3. The number of ether oxygens (including phenoxy) is 1. The van der Waals surface area contributed by atoms with Crippen LogP contribution in [0.3, 0.4) is 0 Å². The summed E-state index contributed by atoms with van der Waals surface area (Å²) < 4.78 is 5.30. The predicted octanol–water partition coefficient (Wildman–Crippen LogP) is 0.880. The van der Waals surface area contributed by atoms with Crippen molar-refractivity contribution in [2.45, 2.75) is 57.8 Å². The molecule has 0 bridgehead atoms. The summed E-state index contributed by atoms with van der Waals surface area (Å²) in [6, 6.07) is 5.82. The minimum Gasteiger partial charge on any atom is -0.480 e. The summed E-state index contributed by atoms with van der Waals surface area (Å²) in [6.07, 6.45) is 0.539. The lowest BCUT2D eigenvalue weighted by molar-refractivity contribution is -0.143. The molecule has 1 heterocycles. The number of benzene rings is 1. The molecule has 2 rings (SSSR count). The van der Waals surface area contributed by atoms with E-state index in [-0.39, 0.29) is 18.9 Å². The van der Waals surface area contributed by atoms with E-state index in [0.717, 1.165) is 5.56 Å². The number of aliphatic carboxylic acids is 1. The smallest absolute Gasteiger partial charge is 0.410 e. The maximum absolute atomic E-state index is 12.7. The van der Waals surface area contributed by atoms with Gasteiger partial charge in [-0.15, -0.1) is 0 Å². The number of carboxylic acids is 1. The van der Waals surface area contributed by atoms with E-state index in [0.29, 0.717) is 19.4 Å². The summed E-state index contributed by atoms with van der Waals surface area (Å²) in [5.74, 6) is -2.58. The van der Waals surface area contributed by atoms with E-state index in [1.807, 2.05) is 44.2 Å². The maximum atomic E-state index is 12.7. The van der Waals surface area contributed by atoms with E-state index in [1.54, 1.807) is 0 Å². The Morgan fingerprint density at radius 2 is 1.81 bits per heavy atom. The fourth-order valence-electron chi connectivity index (χ4n) is 3.49. The molecular weight excluding hydrogens is 418 g/mol. The Morgan fingerprint density at radius 1 is 1.12 bits per heavy atom. The van der Waals surface area contributed by atoms with Crippen LogP contribution < -0.4 is 10.6 Å². The van der Waals surface area contributed by atoms with Gasteiger partial charge in [-0.3, -0.25) is 14.5 Å². The van der Waals surface area contributed by atoms with Crippen LogP contribution in [0.15, 0.2) is 30.3 Å². The first-order chi connectivity index (χ1) is 15.2. The fourth-order valence-corrected chi connectivity index (χ4v) is 3.49. The SMILES string of the molecule is CC(C)CC(NC(=O)C(CO)NC(=O)C1CCCN1C(=O)OCc1ccccc1)C(=O)O. The standard InChI is InChI=1S/C22H31N3O7/c1-14(2)11-16(21(29)30)23-19(27)17(12-26)24-20(28)18-9-6-10-25(18)22(31)32-13-15-7-4-3-5-8-15/h3-5,7-8,14,16-18,26H,6,9-13H2,1-2H3,(H,23,27)(H,24,28)(H,29,30). The van der Waals surface area contributed by atoms with E-state index < -0.39 is 48.6 Å². The second-order valence-electron chi connectivity index (χ2n) is 8.16. The van der Waals surface area contributed by atoms with E-state index in [1.165, 1.54) is 4.90 Å². The van der Waals surface area contributed by atoms with Crippen molar-refractivity contribution in [2.75, 3.05) is 13.2 Å². The lowest BCUT2D eigenvalue weighted by atomic mass is 10.0. The van der Waals surface area contributed by atoms with Gasteiger partial charge in [0, 0.05) is 6.54 Å². The Balaban J connectivity index is 1.95. The minimum absolute atomic E-state index is 0.0208. The summed E-state index contributed by atoms with van der Waals surface area (Å²) >= 11 is 0. The number of nitrogens with one attached hydrogen (secondary N) is 2. The highest BCUT2D eigenvalue weighted by atomic mass is 16.6. The number of hydrogen-bond donors (Lipinski definition) is 4. The Labute approximate surface area is 186 Å². The number of carbonyl (C=O) groups is 4. The van der Waals surface area contributed by atoms with Gasteiger partial charge in [0.25, 0.3) is 0 Å². The van der Waals surface area contributed by atoms with Gasteiger partial charge in [0.2, 0.25) is 11.8 Å². The van der Waals surface area contributed by atoms with Crippen LogP contribution in [0, 0.1) is 5.92 Å². The van der Waals surface area contributed by atoms with Crippen LogP contribution >= 0.6 is 0 Å². The molecule has 0 saturated carbocycles. The van der Waals surface area contributed by atoms with Crippen molar-refractivity contribution in [2.24, 2.45) is 5.92 Å². The van der Waals surface area contributed by atoms with Crippen molar-refractivity contribution < 1.29 is 34.1 Å². The summed E-state index contributed by atoms with van der Waals surface area (Å²) in [5.41, 5.74) is 0.812. The van der Waals surface area contributed by atoms with Gasteiger partial charge in [-0.05, 0) is 30.7 Å². The molecule has 0 aliphatic carbocycles. The molecule has 0 radical (unpaired) electrons. The maximum Gasteiger partial charge on any atom is 0.410 e. The van der Waals surface area contributed by atoms with E-state index in [2.05, 4.69) is 10.6 Å². The average Bonchev–Trinajstić information content (AvgIpc) is 3.25. The molecule has 1 saturated heterocycles. The second kappa shape index (κ2) is 12.0. The summed E-state index contributed by atoms with van der Waals surface area (Å²) in [4.78, 5) is 50.3. The fraction of sp³-hybridized carbons (Fsp3) is 0.545. The largest absolute Gasteiger partial charge is 0.480 e. The molecule has 1 aliphatic rings. The third-order valence-corrected chi connectivity index (χ3v) is 5.13. The highest BCUT2D eigenvalue weighted by molar-refractivity contribution is 5.93. The molecule has 1 fully saturated rings. The van der Waals surface area contributed by atoms with Gasteiger partial charge in [-0.25, -0.2) is 9.59 Å². The Morgan fingerprint density at radius 3 is 2.41 bits per heavy atom. The van der Waals surface area contributed by atoms with Crippen molar-refractivity contribution >= 4 is 23.9 Å². The van der Waals surface area contributed by atoms with Crippen molar-refractivity contribution in [3.8, 4) is 0 Å². The molecule has 3 unspecified atom stereocenters. The van der Waals surface area contributed by atoms with E-state index in [4.69, 9.17) is 4.74 Å². The molecule has 32 heavy (non-hydrogen) atoms. The average molecular weight is 450 g/mol. The molecule has 1 aromatic rings. The number of aliphatic hydroxyl groups is 1. The van der Waals surface area contributed by atoms with Crippen molar-refractivity contribution in [3.63, 3.8) is 0 Å². The molecule has 1 aromatic carbocycles. The molecule has 176 valence electrons. The third-order valence-electron chi connectivity index (χ3n) is 5.13. The van der Waals surface area contributed by atoms with Crippen LogP contribution in [-0.2, 0) is 25.7 Å². The second-order valence-corrected chi connectivity index (χ2v) is 8.16. The number of rotatable bonds is 10. The van der Waals surface area contributed by atoms with Gasteiger partial charge in [0.1, 0.15) is 24.7 Å². The predicted molar refractivity (Wildman–Crippen MR) is 114 cm³/mol. The zero-order valence-corrected chi connectivity index (χ0v) is 18.3. The van der Waals surface area contributed by atoms with Gasteiger partial charge in [0.15, 0.2) is 0 Å². The van der Waals surface area contributed by atoms with Crippen LogP contribution in [0.2, 0.25) is 0 Å². The molecular formula is C22H31N3O7. The summed E-state index contributed by atoms with van der Waals surface area (Å²) in [5, 5.41) is 23.6. The zero-order chi connectivity index (χ0) is 23.7. The molecule has 1 aliphatic heterocycles. The number of likely N-dealkylation sites (tertiary alicyclic amines) is 1. The van der Waals surface area contributed by atoms with Crippen LogP contribution in [0.5, 0.6) is 0 Å². The number of hydrogen-bond acceptors (Lipinski definition) is 6.